The number of hydrogen-bond acceptors (Lipinski definition) is 2. The van der Waals surface area contributed by atoms with E-state index in [2.05, 4.69) is 10.6 Å². The summed E-state index contributed by atoms with van der Waals surface area (Å²) in [6.45, 7) is 0. The molecule has 2 rings (SSSR count). The Morgan fingerprint density at radius 2 is 1.86 bits per heavy atom. The number of methoxy groups -OCH3 is 1. The Hall–Kier alpha value is -2.46. The van der Waals surface area contributed by atoms with Gasteiger partial charge in [-0.15, -0.1) is 0 Å². The zero-order valence-corrected chi connectivity index (χ0v) is 12.2. The van der Waals surface area contributed by atoms with Gasteiger partial charge in [-0.3, -0.25) is 0 Å². The van der Waals surface area contributed by atoms with Crippen LogP contribution in [0.2, 0.25) is 5.02 Å². The van der Waals surface area contributed by atoms with Crippen molar-refractivity contribution in [3.8, 4) is 5.75 Å². The summed E-state index contributed by atoms with van der Waals surface area (Å²) in [5, 5.41) is 5.77. The summed E-state index contributed by atoms with van der Waals surface area (Å²) in [6.07, 6.45) is 3.35. The van der Waals surface area contributed by atoms with E-state index in [1.807, 2.05) is 24.3 Å². The minimum atomic E-state index is -0.354. The standard InChI is InChI=1S/C16H15ClN2O2/c1-21-13-8-6-12(7-9-13)10-11-18-16(20)19-15-5-3-2-4-14(15)17/h2-11H,1H3,(H2,18,19,20)/b11-10+. The van der Waals surface area contributed by atoms with Crippen LogP contribution in [0.25, 0.3) is 6.08 Å². The van der Waals surface area contributed by atoms with Crippen LogP contribution in [-0.2, 0) is 0 Å². The largest absolute Gasteiger partial charge is 0.497 e. The lowest BCUT2D eigenvalue weighted by atomic mass is 10.2. The average Bonchev–Trinajstić information content (AvgIpc) is 2.50. The summed E-state index contributed by atoms with van der Waals surface area (Å²) in [5.41, 5.74) is 1.52. The number of anilines is 1. The molecule has 0 atom stereocenters. The number of para-hydroxylation sites is 1. The molecule has 0 aliphatic rings. The quantitative estimate of drug-likeness (QED) is 0.891. The first-order valence-corrected chi connectivity index (χ1v) is 6.69. The van der Waals surface area contributed by atoms with Crippen LogP contribution < -0.4 is 15.4 Å². The molecule has 0 aliphatic heterocycles. The molecule has 0 unspecified atom stereocenters. The molecule has 0 aliphatic carbocycles. The topological polar surface area (TPSA) is 50.4 Å². The van der Waals surface area contributed by atoms with Crippen molar-refractivity contribution < 1.29 is 9.53 Å². The van der Waals surface area contributed by atoms with Crippen LogP contribution >= 0.6 is 11.6 Å². The third-order valence-corrected chi connectivity index (χ3v) is 3.06. The minimum Gasteiger partial charge on any atom is -0.497 e. The van der Waals surface area contributed by atoms with E-state index in [0.717, 1.165) is 11.3 Å². The first-order chi connectivity index (χ1) is 10.2. The number of ether oxygens (including phenoxy) is 1. The lowest BCUT2D eigenvalue weighted by Gasteiger charge is -2.06. The number of urea groups is 1. The van der Waals surface area contributed by atoms with Crippen molar-refractivity contribution in [2.75, 3.05) is 12.4 Å². The first-order valence-electron chi connectivity index (χ1n) is 6.31. The molecule has 108 valence electrons. The van der Waals surface area contributed by atoms with Gasteiger partial charge < -0.3 is 15.4 Å². The first kappa shape index (κ1) is 14.9. The summed E-state index contributed by atoms with van der Waals surface area (Å²) in [7, 11) is 1.62. The van der Waals surface area contributed by atoms with E-state index >= 15 is 0 Å². The predicted octanol–water partition coefficient (Wildman–Crippen LogP) is 4.14. The van der Waals surface area contributed by atoms with Gasteiger partial charge in [-0.1, -0.05) is 35.9 Å². The fourth-order valence-electron chi connectivity index (χ4n) is 1.65. The van der Waals surface area contributed by atoms with Gasteiger partial charge in [0.25, 0.3) is 0 Å². The Balaban J connectivity index is 1.88. The highest BCUT2D eigenvalue weighted by atomic mass is 35.5. The van der Waals surface area contributed by atoms with Crippen molar-refractivity contribution in [1.82, 2.24) is 5.32 Å². The van der Waals surface area contributed by atoms with Crippen LogP contribution in [0.1, 0.15) is 5.56 Å². The number of benzene rings is 2. The Labute approximate surface area is 128 Å². The monoisotopic (exact) mass is 302 g/mol. The van der Waals surface area contributed by atoms with E-state index in [1.54, 1.807) is 43.7 Å². The average molecular weight is 303 g/mol. The van der Waals surface area contributed by atoms with Crippen molar-refractivity contribution in [3.63, 3.8) is 0 Å². The maximum absolute atomic E-state index is 11.7. The van der Waals surface area contributed by atoms with E-state index in [1.165, 1.54) is 0 Å². The Kier molecular flexibility index (Phi) is 5.23. The van der Waals surface area contributed by atoms with Crippen LogP contribution in [0, 0.1) is 0 Å². The zero-order chi connectivity index (χ0) is 15.1. The van der Waals surface area contributed by atoms with E-state index in [0.29, 0.717) is 10.7 Å². The van der Waals surface area contributed by atoms with Gasteiger partial charge >= 0.3 is 6.03 Å². The molecule has 5 heteroatoms. The fraction of sp³-hybridized carbons (Fsp3) is 0.0625. The van der Waals surface area contributed by atoms with Gasteiger partial charge in [0.2, 0.25) is 0 Å². The number of amides is 2. The zero-order valence-electron chi connectivity index (χ0n) is 11.5. The molecule has 0 fully saturated rings. The van der Waals surface area contributed by atoms with Crippen molar-refractivity contribution in [1.29, 1.82) is 0 Å². The second-order valence-corrected chi connectivity index (χ2v) is 4.59. The predicted molar refractivity (Wildman–Crippen MR) is 85.6 cm³/mol. The van der Waals surface area contributed by atoms with Gasteiger partial charge in [0.15, 0.2) is 0 Å². The van der Waals surface area contributed by atoms with E-state index in [-0.39, 0.29) is 6.03 Å². The Morgan fingerprint density at radius 1 is 1.14 bits per heavy atom. The molecule has 0 saturated heterocycles. The molecule has 0 bridgehead atoms. The van der Waals surface area contributed by atoms with Crippen LogP contribution in [0.15, 0.2) is 54.7 Å². The SMILES string of the molecule is COc1ccc(/C=C/NC(=O)Nc2ccccc2Cl)cc1. The van der Waals surface area contributed by atoms with E-state index in [9.17, 15) is 4.79 Å². The minimum absolute atomic E-state index is 0.354. The fourth-order valence-corrected chi connectivity index (χ4v) is 1.83. The molecule has 0 aromatic heterocycles. The lowest BCUT2D eigenvalue weighted by Crippen LogP contribution is -2.23. The summed E-state index contributed by atoms with van der Waals surface area (Å²) in [6, 6.07) is 14.2. The molecule has 2 amide bonds. The second kappa shape index (κ2) is 7.36. The van der Waals surface area contributed by atoms with Crippen LogP contribution in [0.4, 0.5) is 10.5 Å². The third kappa shape index (κ3) is 4.54. The molecular weight excluding hydrogens is 288 g/mol. The van der Waals surface area contributed by atoms with Crippen molar-refractivity contribution in [2.45, 2.75) is 0 Å². The number of nitrogens with one attached hydrogen (secondary N) is 2. The number of carbonyl (C=O) groups is 1. The third-order valence-electron chi connectivity index (χ3n) is 2.73. The molecule has 0 saturated carbocycles. The molecule has 4 nitrogen and oxygen atoms in total. The molecule has 21 heavy (non-hydrogen) atoms. The molecule has 0 radical (unpaired) electrons. The van der Waals surface area contributed by atoms with Crippen LogP contribution in [0.3, 0.4) is 0 Å². The number of hydrogen-bond donors (Lipinski definition) is 2. The van der Waals surface area contributed by atoms with E-state index < -0.39 is 0 Å². The molecule has 2 aromatic carbocycles. The Bertz CT molecular complexity index is 639. The maximum Gasteiger partial charge on any atom is 0.323 e. The summed E-state index contributed by atoms with van der Waals surface area (Å²) in [5.74, 6) is 0.788. The van der Waals surface area contributed by atoms with Crippen LogP contribution in [0.5, 0.6) is 5.75 Å². The van der Waals surface area contributed by atoms with Crippen molar-refractivity contribution in [3.05, 3.63) is 65.3 Å². The van der Waals surface area contributed by atoms with Gasteiger partial charge in [-0.2, -0.15) is 0 Å². The van der Waals surface area contributed by atoms with Crippen molar-refractivity contribution >= 4 is 29.4 Å². The van der Waals surface area contributed by atoms with Gasteiger partial charge in [-0.05, 0) is 35.9 Å². The smallest absolute Gasteiger partial charge is 0.323 e. The number of rotatable bonds is 4. The molecule has 2 aromatic rings. The number of halogens is 1. The summed E-state index contributed by atoms with van der Waals surface area (Å²) in [4.78, 5) is 11.7. The van der Waals surface area contributed by atoms with Gasteiger partial charge in [-0.25, -0.2) is 4.79 Å². The molecule has 0 heterocycles. The highest BCUT2D eigenvalue weighted by Gasteiger charge is 2.02. The van der Waals surface area contributed by atoms with Gasteiger partial charge in [0, 0.05) is 6.20 Å². The van der Waals surface area contributed by atoms with E-state index in [4.69, 9.17) is 16.3 Å². The molecular formula is C16H15ClN2O2. The summed E-state index contributed by atoms with van der Waals surface area (Å²) < 4.78 is 5.07. The maximum atomic E-state index is 11.7. The highest BCUT2D eigenvalue weighted by molar-refractivity contribution is 6.33. The highest BCUT2D eigenvalue weighted by Crippen LogP contribution is 2.20. The van der Waals surface area contributed by atoms with Crippen LogP contribution in [-0.4, -0.2) is 13.1 Å². The van der Waals surface area contributed by atoms with Crippen molar-refractivity contribution in [2.24, 2.45) is 0 Å². The summed E-state index contributed by atoms with van der Waals surface area (Å²) >= 11 is 5.95. The normalized spacial score (nSPS) is 10.4. The lowest BCUT2D eigenvalue weighted by molar-refractivity contribution is 0.255. The number of carbonyl (C=O) groups excluding carboxylic acids is 1. The molecule has 2 N–H and O–H groups in total. The van der Waals surface area contributed by atoms with Gasteiger partial charge in [0.05, 0.1) is 17.8 Å². The molecule has 0 spiro atoms. The van der Waals surface area contributed by atoms with Gasteiger partial charge in [0.1, 0.15) is 5.75 Å². The Morgan fingerprint density at radius 3 is 2.52 bits per heavy atom. The second-order valence-electron chi connectivity index (χ2n) is 4.18.